The van der Waals surface area contributed by atoms with Crippen molar-refractivity contribution in [3.05, 3.63) is 65.5 Å². The Kier molecular flexibility index (Phi) is 4.37. The van der Waals surface area contributed by atoms with Gasteiger partial charge in [0.25, 0.3) is 5.91 Å². The van der Waals surface area contributed by atoms with Crippen molar-refractivity contribution in [1.29, 1.82) is 0 Å². The van der Waals surface area contributed by atoms with Crippen LogP contribution in [0.3, 0.4) is 0 Å². The van der Waals surface area contributed by atoms with Crippen LogP contribution in [0.4, 0.5) is 10.1 Å². The molecule has 0 unspecified atom stereocenters. The van der Waals surface area contributed by atoms with E-state index in [0.717, 1.165) is 0 Å². The minimum Gasteiger partial charge on any atom is -0.382 e. The molecule has 1 atom stereocenters. The molecule has 1 aliphatic rings. The van der Waals surface area contributed by atoms with Gasteiger partial charge in [-0.25, -0.2) is 4.39 Å². The average Bonchev–Trinajstić information content (AvgIpc) is 3.06. The number of amides is 1. The normalized spacial score (nSPS) is 16.2. The van der Waals surface area contributed by atoms with Gasteiger partial charge in [0.05, 0.1) is 5.71 Å². The van der Waals surface area contributed by atoms with Gasteiger partial charge in [0, 0.05) is 17.7 Å². The summed E-state index contributed by atoms with van der Waals surface area (Å²) in [5, 5.41) is 6.62. The SMILES string of the molecule is CC(=O)c1cccc(NC(=O)[C@H]2CC(c3ccc(F)cc3)=NO2)c1. The highest BCUT2D eigenvalue weighted by Gasteiger charge is 2.29. The lowest BCUT2D eigenvalue weighted by molar-refractivity contribution is -0.125. The highest BCUT2D eigenvalue weighted by atomic mass is 19.1. The summed E-state index contributed by atoms with van der Waals surface area (Å²) in [6.07, 6.45) is -0.463. The van der Waals surface area contributed by atoms with Gasteiger partial charge in [0.2, 0.25) is 6.10 Å². The third-order valence-electron chi connectivity index (χ3n) is 3.68. The fraction of sp³-hybridized carbons (Fsp3) is 0.167. The molecule has 0 saturated carbocycles. The van der Waals surface area contributed by atoms with Gasteiger partial charge < -0.3 is 10.2 Å². The second-order valence-electron chi connectivity index (χ2n) is 5.47. The van der Waals surface area contributed by atoms with Crippen LogP contribution in [0.1, 0.15) is 29.3 Å². The van der Waals surface area contributed by atoms with E-state index < -0.39 is 6.10 Å². The molecule has 1 N–H and O–H groups in total. The van der Waals surface area contributed by atoms with Crippen molar-refractivity contribution in [2.75, 3.05) is 5.32 Å². The van der Waals surface area contributed by atoms with E-state index in [-0.39, 0.29) is 17.5 Å². The molecule has 0 radical (unpaired) electrons. The Labute approximate surface area is 138 Å². The molecule has 2 aromatic rings. The van der Waals surface area contributed by atoms with E-state index in [4.69, 9.17) is 4.84 Å². The fourth-order valence-electron chi connectivity index (χ4n) is 2.37. The number of oxime groups is 1. The summed E-state index contributed by atoms with van der Waals surface area (Å²) in [4.78, 5) is 28.8. The number of Topliss-reactive ketones (excluding diaryl/α,β-unsaturated/α-hetero) is 1. The van der Waals surface area contributed by atoms with Crippen molar-refractivity contribution in [1.82, 2.24) is 0 Å². The second kappa shape index (κ2) is 6.62. The van der Waals surface area contributed by atoms with Crippen LogP contribution >= 0.6 is 0 Å². The molecule has 6 heteroatoms. The predicted molar refractivity (Wildman–Crippen MR) is 87.5 cm³/mol. The van der Waals surface area contributed by atoms with Crippen LogP contribution in [0.25, 0.3) is 0 Å². The van der Waals surface area contributed by atoms with Gasteiger partial charge in [0.15, 0.2) is 5.78 Å². The van der Waals surface area contributed by atoms with Crippen molar-refractivity contribution in [2.24, 2.45) is 5.16 Å². The van der Waals surface area contributed by atoms with Crippen LogP contribution < -0.4 is 5.32 Å². The zero-order valence-corrected chi connectivity index (χ0v) is 13.0. The standard InChI is InChI=1S/C18H15FN2O3/c1-11(22)13-3-2-4-15(9-13)20-18(23)17-10-16(21-24-17)12-5-7-14(19)8-6-12/h2-9,17H,10H2,1H3,(H,20,23)/t17-/m1/s1. The van der Waals surface area contributed by atoms with Crippen molar-refractivity contribution < 1.29 is 18.8 Å². The van der Waals surface area contributed by atoms with Gasteiger partial charge in [-0.3, -0.25) is 9.59 Å². The summed E-state index contributed by atoms with van der Waals surface area (Å²) in [7, 11) is 0. The van der Waals surface area contributed by atoms with E-state index in [0.29, 0.717) is 28.9 Å². The number of benzene rings is 2. The smallest absolute Gasteiger partial charge is 0.268 e. The molecule has 0 bridgehead atoms. The Bertz CT molecular complexity index is 815. The first kappa shape index (κ1) is 15.9. The maximum Gasteiger partial charge on any atom is 0.268 e. The fourth-order valence-corrected chi connectivity index (χ4v) is 2.37. The predicted octanol–water partition coefficient (Wildman–Crippen LogP) is 3.16. The minimum absolute atomic E-state index is 0.0786. The number of anilines is 1. The molecule has 0 saturated heterocycles. The van der Waals surface area contributed by atoms with Gasteiger partial charge in [-0.05, 0) is 36.8 Å². The first-order valence-corrected chi connectivity index (χ1v) is 7.43. The summed E-state index contributed by atoms with van der Waals surface area (Å²) in [6.45, 7) is 1.46. The van der Waals surface area contributed by atoms with E-state index in [2.05, 4.69) is 10.5 Å². The molecule has 122 valence electrons. The zero-order chi connectivity index (χ0) is 17.1. The molecular weight excluding hydrogens is 311 g/mol. The molecule has 0 aliphatic carbocycles. The number of carbonyl (C=O) groups excluding carboxylic acids is 2. The monoisotopic (exact) mass is 326 g/mol. The molecule has 24 heavy (non-hydrogen) atoms. The summed E-state index contributed by atoms with van der Waals surface area (Å²) < 4.78 is 13.0. The average molecular weight is 326 g/mol. The van der Waals surface area contributed by atoms with Crippen LogP contribution in [0.15, 0.2) is 53.7 Å². The summed E-state index contributed by atoms with van der Waals surface area (Å²) in [5.74, 6) is -0.764. The molecular formula is C18H15FN2O3. The quantitative estimate of drug-likeness (QED) is 0.878. The summed E-state index contributed by atoms with van der Waals surface area (Å²) in [5.41, 5.74) is 2.34. The number of nitrogens with zero attached hydrogens (tertiary/aromatic N) is 1. The van der Waals surface area contributed by atoms with E-state index >= 15 is 0 Å². The molecule has 0 aromatic heterocycles. The number of carbonyl (C=O) groups is 2. The van der Waals surface area contributed by atoms with E-state index in [1.807, 2.05) is 0 Å². The number of ketones is 1. The number of halogens is 1. The Hall–Kier alpha value is -3.02. The maximum absolute atomic E-state index is 13.0. The highest BCUT2D eigenvalue weighted by molar-refractivity contribution is 6.06. The van der Waals surface area contributed by atoms with Crippen molar-refractivity contribution in [3.63, 3.8) is 0 Å². The number of nitrogens with one attached hydrogen (secondary N) is 1. The Morgan fingerprint density at radius 2 is 1.96 bits per heavy atom. The third-order valence-corrected chi connectivity index (χ3v) is 3.68. The number of hydrogen-bond donors (Lipinski definition) is 1. The largest absolute Gasteiger partial charge is 0.382 e. The molecule has 0 fully saturated rings. The van der Waals surface area contributed by atoms with Crippen LogP contribution in [0, 0.1) is 5.82 Å². The maximum atomic E-state index is 13.0. The molecule has 1 heterocycles. The molecule has 5 nitrogen and oxygen atoms in total. The van der Waals surface area contributed by atoms with Gasteiger partial charge in [-0.2, -0.15) is 0 Å². The van der Waals surface area contributed by atoms with Crippen molar-refractivity contribution in [2.45, 2.75) is 19.4 Å². The Morgan fingerprint density at radius 1 is 1.21 bits per heavy atom. The van der Waals surface area contributed by atoms with Gasteiger partial charge >= 0.3 is 0 Å². The van der Waals surface area contributed by atoms with E-state index in [9.17, 15) is 14.0 Å². The molecule has 3 rings (SSSR count). The summed E-state index contributed by atoms with van der Waals surface area (Å²) in [6, 6.07) is 12.5. The first-order chi connectivity index (χ1) is 11.5. The van der Waals surface area contributed by atoms with Crippen LogP contribution in [0.2, 0.25) is 0 Å². The zero-order valence-electron chi connectivity index (χ0n) is 13.0. The van der Waals surface area contributed by atoms with E-state index in [1.54, 1.807) is 36.4 Å². The van der Waals surface area contributed by atoms with Crippen LogP contribution in [-0.4, -0.2) is 23.5 Å². The Morgan fingerprint density at radius 3 is 2.67 bits per heavy atom. The molecule has 1 aliphatic heterocycles. The third kappa shape index (κ3) is 3.48. The molecule has 0 spiro atoms. The lowest BCUT2D eigenvalue weighted by Crippen LogP contribution is -2.28. The van der Waals surface area contributed by atoms with Crippen molar-refractivity contribution in [3.8, 4) is 0 Å². The summed E-state index contributed by atoms with van der Waals surface area (Å²) >= 11 is 0. The van der Waals surface area contributed by atoms with Crippen molar-refractivity contribution >= 4 is 23.1 Å². The van der Waals surface area contributed by atoms with E-state index in [1.165, 1.54) is 19.1 Å². The number of hydrogen-bond acceptors (Lipinski definition) is 4. The lowest BCUT2D eigenvalue weighted by atomic mass is 10.0. The molecule has 2 aromatic carbocycles. The van der Waals surface area contributed by atoms with Crippen LogP contribution in [0.5, 0.6) is 0 Å². The van der Waals surface area contributed by atoms with Gasteiger partial charge in [0.1, 0.15) is 5.82 Å². The first-order valence-electron chi connectivity index (χ1n) is 7.43. The topological polar surface area (TPSA) is 67.8 Å². The van der Waals surface area contributed by atoms with Gasteiger partial charge in [-0.15, -0.1) is 0 Å². The second-order valence-corrected chi connectivity index (χ2v) is 5.47. The Balaban J connectivity index is 1.64. The highest BCUT2D eigenvalue weighted by Crippen LogP contribution is 2.19. The van der Waals surface area contributed by atoms with Gasteiger partial charge in [-0.1, -0.05) is 29.4 Å². The number of rotatable bonds is 4. The van der Waals surface area contributed by atoms with Crippen LogP contribution in [-0.2, 0) is 9.63 Å². The minimum atomic E-state index is -0.758. The lowest BCUT2D eigenvalue weighted by Gasteiger charge is -2.10. The molecule has 1 amide bonds.